The number of nitrogens with zero attached hydrogens (tertiary/aromatic N) is 1. The van der Waals surface area contributed by atoms with Crippen LogP contribution in [0.1, 0.15) is 32.3 Å². The molecule has 114 valence electrons. The van der Waals surface area contributed by atoms with Crippen LogP contribution in [0.15, 0.2) is 18.2 Å². The molecule has 0 unspecified atom stereocenters. The van der Waals surface area contributed by atoms with E-state index in [0.717, 1.165) is 0 Å². The van der Waals surface area contributed by atoms with E-state index in [9.17, 15) is 19.7 Å². The van der Waals surface area contributed by atoms with E-state index >= 15 is 0 Å². The van der Waals surface area contributed by atoms with Gasteiger partial charge in [-0.3, -0.25) is 19.7 Å². The Hall–Kier alpha value is -2.44. The Morgan fingerprint density at radius 1 is 1.33 bits per heavy atom. The minimum atomic E-state index is -0.959. The summed E-state index contributed by atoms with van der Waals surface area (Å²) in [5.41, 5.74) is 0.224. The second-order valence-electron chi connectivity index (χ2n) is 5.72. The summed E-state index contributed by atoms with van der Waals surface area (Å²) in [4.78, 5) is 32.8. The molecule has 7 nitrogen and oxygen atoms in total. The molecule has 1 rings (SSSR count). The zero-order valence-corrected chi connectivity index (χ0v) is 12.2. The topological polar surface area (TPSA) is 110 Å². The first-order valence-corrected chi connectivity index (χ1v) is 6.37. The van der Waals surface area contributed by atoms with E-state index in [2.05, 4.69) is 5.32 Å². The van der Waals surface area contributed by atoms with Gasteiger partial charge >= 0.3 is 5.97 Å². The first-order chi connectivity index (χ1) is 9.60. The molecule has 0 heterocycles. The molecule has 1 aromatic carbocycles. The molecule has 0 spiro atoms. The highest BCUT2D eigenvalue weighted by molar-refractivity contribution is 5.91. The SMILES string of the molecule is Cc1cc(NC(=O)CC(C)(C)CC(=O)O)ccc1[N+](=O)[O-]. The van der Waals surface area contributed by atoms with Gasteiger partial charge in [-0.25, -0.2) is 0 Å². The Morgan fingerprint density at radius 3 is 2.43 bits per heavy atom. The lowest BCUT2D eigenvalue weighted by atomic mass is 9.85. The molecule has 1 amide bonds. The van der Waals surface area contributed by atoms with Gasteiger partial charge in [0.2, 0.25) is 5.91 Å². The number of aryl methyl sites for hydroxylation is 1. The lowest BCUT2D eigenvalue weighted by molar-refractivity contribution is -0.385. The molecule has 0 fully saturated rings. The predicted molar refractivity (Wildman–Crippen MR) is 77.1 cm³/mol. The van der Waals surface area contributed by atoms with Crippen molar-refractivity contribution in [2.45, 2.75) is 33.6 Å². The smallest absolute Gasteiger partial charge is 0.303 e. The lowest BCUT2D eigenvalue weighted by Crippen LogP contribution is -2.24. The van der Waals surface area contributed by atoms with Crippen LogP contribution in [0, 0.1) is 22.5 Å². The molecule has 7 heteroatoms. The van der Waals surface area contributed by atoms with Crippen LogP contribution < -0.4 is 5.32 Å². The van der Waals surface area contributed by atoms with Crippen molar-refractivity contribution in [3.63, 3.8) is 0 Å². The number of nitrogens with one attached hydrogen (secondary N) is 1. The molecule has 0 aliphatic heterocycles. The van der Waals surface area contributed by atoms with Gasteiger partial charge in [-0.1, -0.05) is 13.8 Å². The molecule has 0 saturated heterocycles. The fourth-order valence-corrected chi connectivity index (χ4v) is 2.05. The van der Waals surface area contributed by atoms with Crippen LogP contribution in [0.25, 0.3) is 0 Å². The number of hydrogen-bond acceptors (Lipinski definition) is 4. The normalized spacial score (nSPS) is 11.0. The van der Waals surface area contributed by atoms with Gasteiger partial charge in [0.15, 0.2) is 0 Å². The number of nitro groups is 1. The van der Waals surface area contributed by atoms with Crippen LogP contribution in [0.4, 0.5) is 11.4 Å². The number of carboxylic acid groups (broad SMARTS) is 1. The standard InChI is InChI=1S/C14H18N2O5/c1-9-6-10(4-5-11(9)16(20)21)15-12(17)7-14(2,3)8-13(18)19/h4-6H,7-8H2,1-3H3,(H,15,17)(H,18,19). The molecule has 21 heavy (non-hydrogen) atoms. The van der Waals surface area contributed by atoms with Crippen molar-refractivity contribution in [1.29, 1.82) is 0 Å². The summed E-state index contributed by atoms with van der Waals surface area (Å²) in [6.45, 7) is 4.98. The Morgan fingerprint density at radius 2 is 1.95 bits per heavy atom. The third kappa shape index (κ3) is 5.21. The summed E-state index contributed by atoms with van der Waals surface area (Å²) in [6, 6.07) is 4.29. The fraction of sp³-hybridized carbons (Fsp3) is 0.429. The average molecular weight is 294 g/mol. The first-order valence-electron chi connectivity index (χ1n) is 6.37. The molecular formula is C14H18N2O5. The van der Waals surface area contributed by atoms with Crippen LogP contribution in [0.5, 0.6) is 0 Å². The molecule has 0 aliphatic carbocycles. The third-order valence-electron chi connectivity index (χ3n) is 2.95. The Labute approximate surface area is 122 Å². The highest BCUT2D eigenvalue weighted by Gasteiger charge is 2.25. The molecular weight excluding hydrogens is 276 g/mol. The summed E-state index contributed by atoms with van der Waals surface area (Å²) < 4.78 is 0. The predicted octanol–water partition coefficient (Wildman–Crippen LogP) is 2.73. The number of rotatable bonds is 6. The van der Waals surface area contributed by atoms with Crippen LogP contribution in [-0.2, 0) is 9.59 Å². The number of aliphatic carboxylic acids is 1. The van der Waals surface area contributed by atoms with Gasteiger partial charge in [-0.05, 0) is 24.5 Å². The van der Waals surface area contributed by atoms with Gasteiger partial charge in [0.25, 0.3) is 5.69 Å². The lowest BCUT2D eigenvalue weighted by Gasteiger charge is -2.21. The van der Waals surface area contributed by atoms with Crippen molar-refractivity contribution in [1.82, 2.24) is 0 Å². The van der Waals surface area contributed by atoms with Crippen LogP contribution in [0.3, 0.4) is 0 Å². The van der Waals surface area contributed by atoms with Crippen molar-refractivity contribution in [3.05, 3.63) is 33.9 Å². The van der Waals surface area contributed by atoms with Gasteiger partial charge < -0.3 is 10.4 Å². The first kappa shape index (κ1) is 16.6. The quantitative estimate of drug-likeness (QED) is 0.619. The monoisotopic (exact) mass is 294 g/mol. The number of benzene rings is 1. The average Bonchev–Trinajstić information content (AvgIpc) is 2.24. The molecule has 0 aromatic heterocycles. The maximum absolute atomic E-state index is 11.9. The van der Waals surface area contributed by atoms with Crippen molar-refractivity contribution in [3.8, 4) is 0 Å². The van der Waals surface area contributed by atoms with Gasteiger partial charge in [-0.2, -0.15) is 0 Å². The number of amides is 1. The van der Waals surface area contributed by atoms with E-state index in [1.165, 1.54) is 18.2 Å². The number of hydrogen-bond donors (Lipinski definition) is 2. The Kier molecular flexibility index (Phi) is 5.02. The molecule has 0 aliphatic rings. The minimum Gasteiger partial charge on any atom is -0.481 e. The summed E-state index contributed by atoms with van der Waals surface area (Å²) in [5, 5.41) is 22.1. The molecule has 0 saturated carbocycles. The zero-order valence-electron chi connectivity index (χ0n) is 12.2. The number of carbonyl (C=O) groups is 2. The second-order valence-corrected chi connectivity index (χ2v) is 5.72. The van der Waals surface area contributed by atoms with Gasteiger partial charge in [0, 0.05) is 23.7 Å². The number of nitro benzene ring substituents is 1. The Bertz CT molecular complexity index is 581. The van der Waals surface area contributed by atoms with E-state index in [1.807, 2.05) is 0 Å². The van der Waals surface area contributed by atoms with E-state index in [-0.39, 0.29) is 24.4 Å². The highest BCUT2D eigenvalue weighted by Crippen LogP contribution is 2.26. The van der Waals surface area contributed by atoms with Crippen molar-refractivity contribution in [2.75, 3.05) is 5.32 Å². The van der Waals surface area contributed by atoms with E-state index in [1.54, 1.807) is 20.8 Å². The fourth-order valence-electron chi connectivity index (χ4n) is 2.05. The minimum absolute atomic E-state index is 0.0146. The summed E-state index contributed by atoms with van der Waals surface area (Å²) in [6.07, 6.45) is -0.0605. The largest absolute Gasteiger partial charge is 0.481 e. The summed E-state index contributed by atoms with van der Waals surface area (Å²) in [7, 11) is 0. The van der Waals surface area contributed by atoms with Crippen LogP contribution in [0.2, 0.25) is 0 Å². The van der Waals surface area contributed by atoms with Gasteiger partial charge in [-0.15, -0.1) is 0 Å². The summed E-state index contributed by atoms with van der Waals surface area (Å²) >= 11 is 0. The van der Waals surface area contributed by atoms with Gasteiger partial charge in [0.05, 0.1) is 11.3 Å². The maximum atomic E-state index is 11.9. The van der Waals surface area contributed by atoms with Crippen LogP contribution in [-0.4, -0.2) is 21.9 Å². The summed E-state index contributed by atoms with van der Waals surface area (Å²) in [5.74, 6) is -1.28. The number of carbonyl (C=O) groups excluding carboxylic acids is 1. The van der Waals surface area contributed by atoms with E-state index < -0.39 is 16.3 Å². The van der Waals surface area contributed by atoms with Crippen LogP contribution >= 0.6 is 0 Å². The molecule has 0 atom stereocenters. The molecule has 0 radical (unpaired) electrons. The number of carboxylic acids is 1. The van der Waals surface area contributed by atoms with Crippen molar-refractivity contribution >= 4 is 23.3 Å². The van der Waals surface area contributed by atoms with E-state index in [4.69, 9.17) is 5.11 Å². The molecule has 2 N–H and O–H groups in total. The highest BCUT2D eigenvalue weighted by atomic mass is 16.6. The number of anilines is 1. The van der Waals surface area contributed by atoms with Gasteiger partial charge in [0.1, 0.15) is 0 Å². The zero-order chi connectivity index (χ0) is 16.2. The van der Waals surface area contributed by atoms with E-state index in [0.29, 0.717) is 11.3 Å². The Balaban J connectivity index is 2.73. The second kappa shape index (κ2) is 6.34. The maximum Gasteiger partial charge on any atom is 0.303 e. The molecule has 1 aromatic rings. The molecule has 0 bridgehead atoms. The van der Waals surface area contributed by atoms with Crippen molar-refractivity contribution < 1.29 is 19.6 Å². The third-order valence-corrected chi connectivity index (χ3v) is 2.95. The van der Waals surface area contributed by atoms with Crippen molar-refractivity contribution in [2.24, 2.45) is 5.41 Å².